The number of nitrogens with two attached hydrogens (primary N) is 1. The maximum Gasteiger partial charge on any atom is 0.357 e. The molecule has 0 fully saturated rings. The number of aromatic nitrogens is 1. The van der Waals surface area contributed by atoms with E-state index in [1.165, 1.54) is 17.9 Å². The topological polar surface area (TPSA) is 81.0 Å². The van der Waals surface area contributed by atoms with Crippen LogP contribution in [0.5, 0.6) is 0 Å². The van der Waals surface area contributed by atoms with Gasteiger partial charge in [-0.15, -0.1) is 0 Å². The first-order chi connectivity index (χ1) is 9.51. The quantitative estimate of drug-likeness (QED) is 0.862. The van der Waals surface area contributed by atoms with Gasteiger partial charge in [-0.1, -0.05) is 17.7 Å². The molecule has 0 unspecified atom stereocenters. The standard InChI is InChI=1S/C14H12ClN3O2/c1-8-10(15)4-3-5-11(8)18-7-9(6-16)12(17)13(18)14(19)20-2/h3-5,7H,17H2,1-2H3. The summed E-state index contributed by atoms with van der Waals surface area (Å²) in [7, 11) is 1.26. The summed E-state index contributed by atoms with van der Waals surface area (Å²) in [6.45, 7) is 1.82. The van der Waals surface area contributed by atoms with E-state index < -0.39 is 5.97 Å². The summed E-state index contributed by atoms with van der Waals surface area (Å²) >= 11 is 6.08. The highest BCUT2D eigenvalue weighted by molar-refractivity contribution is 6.31. The van der Waals surface area contributed by atoms with Crippen molar-refractivity contribution >= 4 is 23.3 Å². The van der Waals surface area contributed by atoms with Gasteiger partial charge in [-0.25, -0.2) is 4.79 Å². The summed E-state index contributed by atoms with van der Waals surface area (Å²) in [5, 5.41) is 9.62. The van der Waals surface area contributed by atoms with Gasteiger partial charge >= 0.3 is 5.97 Å². The van der Waals surface area contributed by atoms with Crippen LogP contribution in [0.3, 0.4) is 0 Å². The molecular weight excluding hydrogens is 278 g/mol. The molecule has 20 heavy (non-hydrogen) atoms. The van der Waals surface area contributed by atoms with Gasteiger partial charge in [-0.05, 0) is 24.6 Å². The SMILES string of the molecule is COC(=O)c1c(N)c(C#N)cn1-c1cccc(Cl)c1C. The van der Waals surface area contributed by atoms with Gasteiger partial charge in [0.05, 0.1) is 24.0 Å². The largest absolute Gasteiger partial charge is 0.464 e. The van der Waals surface area contributed by atoms with E-state index in [0.717, 1.165) is 5.56 Å². The average molecular weight is 290 g/mol. The minimum Gasteiger partial charge on any atom is -0.464 e. The first-order valence-electron chi connectivity index (χ1n) is 5.76. The van der Waals surface area contributed by atoms with Crippen LogP contribution in [0, 0.1) is 18.3 Å². The Morgan fingerprint density at radius 3 is 2.80 bits per heavy atom. The average Bonchev–Trinajstić information content (AvgIpc) is 2.77. The third kappa shape index (κ3) is 2.10. The fourth-order valence-corrected chi connectivity index (χ4v) is 2.13. The van der Waals surface area contributed by atoms with Crippen molar-refractivity contribution < 1.29 is 9.53 Å². The molecule has 1 aromatic heterocycles. The maximum absolute atomic E-state index is 11.9. The summed E-state index contributed by atoms with van der Waals surface area (Å²) in [5.74, 6) is -0.608. The molecule has 2 rings (SSSR count). The van der Waals surface area contributed by atoms with Gasteiger partial charge in [-0.3, -0.25) is 0 Å². The lowest BCUT2D eigenvalue weighted by atomic mass is 10.2. The molecule has 6 heteroatoms. The molecule has 1 heterocycles. The molecule has 0 aliphatic rings. The Bertz CT molecular complexity index is 729. The van der Waals surface area contributed by atoms with Crippen molar-refractivity contribution in [2.45, 2.75) is 6.92 Å². The molecule has 2 N–H and O–H groups in total. The minimum absolute atomic E-state index is 0.0960. The van der Waals surface area contributed by atoms with Crippen LogP contribution in [0.1, 0.15) is 21.6 Å². The number of carbonyl (C=O) groups is 1. The molecule has 0 amide bonds. The van der Waals surface area contributed by atoms with Crippen LogP contribution in [0.4, 0.5) is 5.69 Å². The number of hydrogen-bond acceptors (Lipinski definition) is 4. The van der Waals surface area contributed by atoms with Gasteiger partial charge in [0.1, 0.15) is 6.07 Å². The highest BCUT2D eigenvalue weighted by atomic mass is 35.5. The number of esters is 1. The molecule has 2 aromatic rings. The Labute approximate surface area is 121 Å². The molecule has 102 valence electrons. The van der Waals surface area contributed by atoms with Crippen LogP contribution >= 0.6 is 11.6 Å². The fraction of sp³-hybridized carbons (Fsp3) is 0.143. The van der Waals surface area contributed by atoms with E-state index in [0.29, 0.717) is 10.7 Å². The first-order valence-corrected chi connectivity index (χ1v) is 6.13. The Morgan fingerprint density at radius 2 is 2.20 bits per heavy atom. The van der Waals surface area contributed by atoms with E-state index in [-0.39, 0.29) is 16.9 Å². The number of nitrogen functional groups attached to an aromatic ring is 1. The summed E-state index contributed by atoms with van der Waals surface area (Å²) < 4.78 is 6.25. The predicted octanol–water partition coefficient (Wildman–Crippen LogP) is 2.68. The van der Waals surface area contributed by atoms with E-state index >= 15 is 0 Å². The van der Waals surface area contributed by atoms with E-state index in [4.69, 9.17) is 27.3 Å². The number of hydrogen-bond donors (Lipinski definition) is 1. The van der Waals surface area contributed by atoms with Gasteiger partial charge in [0.15, 0.2) is 5.69 Å². The molecule has 0 spiro atoms. The highest BCUT2D eigenvalue weighted by Crippen LogP contribution is 2.28. The maximum atomic E-state index is 11.9. The lowest BCUT2D eigenvalue weighted by molar-refractivity contribution is 0.0593. The van der Waals surface area contributed by atoms with Crippen LogP contribution in [-0.4, -0.2) is 17.6 Å². The second kappa shape index (κ2) is 5.27. The van der Waals surface area contributed by atoms with E-state index in [1.807, 2.05) is 13.0 Å². The van der Waals surface area contributed by atoms with Crippen molar-refractivity contribution in [3.05, 3.63) is 46.2 Å². The smallest absolute Gasteiger partial charge is 0.357 e. The van der Waals surface area contributed by atoms with Gasteiger partial charge < -0.3 is 15.0 Å². The van der Waals surface area contributed by atoms with Crippen LogP contribution < -0.4 is 5.73 Å². The van der Waals surface area contributed by atoms with Gasteiger partial charge in [0.2, 0.25) is 0 Å². The second-order valence-electron chi connectivity index (χ2n) is 4.16. The summed E-state index contributed by atoms with van der Waals surface area (Å²) in [4.78, 5) is 11.9. The molecule has 0 saturated carbocycles. The predicted molar refractivity (Wildman–Crippen MR) is 76.0 cm³/mol. The molecular formula is C14H12ClN3O2. The zero-order valence-electron chi connectivity index (χ0n) is 11.0. The second-order valence-corrected chi connectivity index (χ2v) is 4.57. The zero-order valence-corrected chi connectivity index (χ0v) is 11.7. The van der Waals surface area contributed by atoms with Crippen molar-refractivity contribution in [1.82, 2.24) is 4.57 Å². The van der Waals surface area contributed by atoms with Crippen LogP contribution in [0.25, 0.3) is 5.69 Å². The number of ether oxygens (including phenoxy) is 1. The minimum atomic E-state index is -0.608. The van der Waals surface area contributed by atoms with Gasteiger partial charge in [0, 0.05) is 11.2 Å². The normalized spacial score (nSPS) is 10.1. The number of halogens is 1. The van der Waals surface area contributed by atoms with Crippen molar-refractivity contribution in [3.8, 4) is 11.8 Å². The number of anilines is 1. The van der Waals surface area contributed by atoms with Crippen molar-refractivity contribution in [3.63, 3.8) is 0 Å². The third-order valence-electron chi connectivity index (χ3n) is 3.04. The Hall–Kier alpha value is -2.45. The monoisotopic (exact) mass is 289 g/mol. The van der Waals surface area contributed by atoms with E-state index in [2.05, 4.69) is 0 Å². The zero-order chi connectivity index (χ0) is 14.9. The molecule has 5 nitrogen and oxygen atoms in total. The highest BCUT2D eigenvalue weighted by Gasteiger charge is 2.22. The molecule has 0 saturated heterocycles. The lowest BCUT2D eigenvalue weighted by Crippen LogP contribution is -2.11. The van der Waals surface area contributed by atoms with Gasteiger partial charge in [-0.2, -0.15) is 5.26 Å². The fourth-order valence-electron chi connectivity index (χ4n) is 1.96. The first kappa shape index (κ1) is 14.0. The van der Waals surface area contributed by atoms with Gasteiger partial charge in [0.25, 0.3) is 0 Å². The number of rotatable bonds is 2. The molecule has 0 aliphatic heterocycles. The number of nitrogens with zero attached hydrogens (tertiary/aromatic N) is 2. The molecule has 0 radical (unpaired) electrons. The van der Waals surface area contributed by atoms with Crippen LogP contribution in [0.15, 0.2) is 24.4 Å². The Balaban J connectivity index is 2.77. The summed E-state index contributed by atoms with van der Waals surface area (Å²) in [6.07, 6.45) is 1.50. The molecule has 1 aromatic carbocycles. The Morgan fingerprint density at radius 1 is 1.50 bits per heavy atom. The van der Waals surface area contributed by atoms with E-state index in [1.54, 1.807) is 18.2 Å². The number of methoxy groups -OCH3 is 1. The van der Waals surface area contributed by atoms with Crippen LogP contribution in [0.2, 0.25) is 5.02 Å². The van der Waals surface area contributed by atoms with E-state index in [9.17, 15) is 4.79 Å². The summed E-state index contributed by atoms with van der Waals surface area (Å²) in [5.41, 5.74) is 7.72. The molecule has 0 atom stereocenters. The van der Waals surface area contributed by atoms with Crippen molar-refractivity contribution in [1.29, 1.82) is 5.26 Å². The van der Waals surface area contributed by atoms with Crippen LogP contribution in [-0.2, 0) is 4.74 Å². The lowest BCUT2D eigenvalue weighted by Gasteiger charge is -2.12. The van der Waals surface area contributed by atoms with Crippen molar-refractivity contribution in [2.75, 3.05) is 12.8 Å². The Kier molecular flexibility index (Phi) is 3.68. The number of carbonyl (C=O) groups excluding carboxylic acids is 1. The molecule has 0 bridgehead atoms. The molecule has 0 aliphatic carbocycles. The summed E-state index contributed by atoms with van der Waals surface area (Å²) in [6, 6.07) is 7.24. The van der Waals surface area contributed by atoms with Crippen molar-refractivity contribution in [2.24, 2.45) is 0 Å². The number of benzene rings is 1. The number of nitriles is 1. The third-order valence-corrected chi connectivity index (χ3v) is 3.45.